The van der Waals surface area contributed by atoms with Gasteiger partial charge >= 0.3 is 17.2 Å². The second-order valence-electron chi connectivity index (χ2n) is 7.81. The average Bonchev–Trinajstić information content (AvgIpc) is 3.01. The average molecular weight is 475 g/mol. The van der Waals surface area contributed by atoms with Crippen LogP contribution in [0.3, 0.4) is 0 Å². The normalized spacial score (nSPS) is 27.6. The fourth-order valence-electron chi connectivity index (χ4n) is 4.11. The molecule has 1 heterocycles. The Labute approximate surface area is 178 Å². The van der Waals surface area contributed by atoms with E-state index < -0.39 is 82.8 Å². The highest BCUT2D eigenvalue weighted by molar-refractivity contribution is 7.86. The lowest BCUT2D eigenvalue weighted by Gasteiger charge is -2.41. The predicted molar refractivity (Wildman–Crippen MR) is 96.5 cm³/mol. The highest BCUT2D eigenvalue weighted by Crippen LogP contribution is 2.46. The first kappa shape index (κ1) is 25.8. The molecule has 9 nitrogen and oxygen atoms in total. The summed E-state index contributed by atoms with van der Waals surface area (Å²) < 4.78 is 85.8. The minimum atomic E-state index is -6.19. The van der Waals surface area contributed by atoms with Crippen molar-refractivity contribution in [2.75, 3.05) is 13.2 Å². The summed E-state index contributed by atoms with van der Waals surface area (Å²) in [7, 11) is -6.19. The zero-order valence-corrected chi connectivity index (χ0v) is 17.9. The van der Waals surface area contributed by atoms with Crippen molar-refractivity contribution in [3.8, 4) is 0 Å². The van der Waals surface area contributed by atoms with Crippen molar-refractivity contribution in [2.45, 2.75) is 75.2 Å². The van der Waals surface area contributed by atoms with E-state index in [0.29, 0.717) is 19.3 Å². The van der Waals surface area contributed by atoms with Gasteiger partial charge < -0.3 is 23.9 Å². The fraction of sp³-hybridized carbons (Fsp3) is 0.889. The maximum Gasteiger partial charge on any atom is 0.364 e. The van der Waals surface area contributed by atoms with Gasteiger partial charge in [-0.15, -0.1) is 0 Å². The smallest absolute Gasteiger partial charge is 0.364 e. The van der Waals surface area contributed by atoms with E-state index in [0.717, 1.165) is 0 Å². The first-order valence-electron chi connectivity index (χ1n) is 9.94. The Bertz CT molecular complexity index is 769. The standard InChI is InChI=1S/C18H27F3O9S/c1-3-17(24,4-2)11-8-12(13-7-10(11)16(23)30-13)29-9-15(22)28-6-5-14(19)18(20,21)31(25,26)27/h10-14,24H,3-9H2,1-2H3,(H,25,26,27)/p-1. The van der Waals surface area contributed by atoms with Gasteiger partial charge in [0.1, 0.15) is 12.7 Å². The number of halogens is 3. The van der Waals surface area contributed by atoms with Gasteiger partial charge in [-0.3, -0.25) is 4.79 Å². The molecule has 0 amide bonds. The van der Waals surface area contributed by atoms with Crippen LogP contribution in [0.5, 0.6) is 0 Å². The number of esters is 2. The molecule has 180 valence electrons. The third kappa shape index (κ3) is 5.49. The van der Waals surface area contributed by atoms with Crippen molar-refractivity contribution in [1.29, 1.82) is 0 Å². The lowest BCUT2D eigenvalue weighted by Crippen LogP contribution is -2.48. The van der Waals surface area contributed by atoms with Gasteiger partial charge in [0, 0.05) is 18.8 Å². The van der Waals surface area contributed by atoms with E-state index in [2.05, 4.69) is 4.74 Å². The van der Waals surface area contributed by atoms with E-state index in [9.17, 15) is 40.8 Å². The van der Waals surface area contributed by atoms with Gasteiger partial charge in [-0.2, -0.15) is 8.78 Å². The molecule has 13 heteroatoms. The molecule has 2 aliphatic rings. The summed E-state index contributed by atoms with van der Waals surface area (Å²) in [6.45, 7) is 2.04. The van der Waals surface area contributed by atoms with E-state index in [-0.39, 0.29) is 6.42 Å². The highest BCUT2D eigenvalue weighted by atomic mass is 32.2. The quantitative estimate of drug-likeness (QED) is 0.346. The first-order valence-corrected chi connectivity index (χ1v) is 11.3. The van der Waals surface area contributed by atoms with Crippen LogP contribution in [0.25, 0.3) is 0 Å². The molecule has 1 saturated carbocycles. The Balaban J connectivity index is 1.87. The van der Waals surface area contributed by atoms with E-state index in [1.807, 2.05) is 0 Å². The van der Waals surface area contributed by atoms with Crippen molar-refractivity contribution in [3.63, 3.8) is 0 Å². The van der Waals surface area contributed by atoms with Gasteiger partial charge in [0.05, 0.1) is 24.2 Å². The lowest BCUT2D eigenvalue weighted by atomic mass is 9.67. The van der Waals surface area contributed by atoms with Crippen molar-refractivity contribution in [3.05, 3.63) is 0 Å². The summed E-state index contributed by atoms with van der Waals surface area (Å²) in [5.74, 6) is -2.38. The van der Waals surface area contributed by atoms with Crippen LogP contribution in [0.15, 0.2) is 0 Å². The zero-order chi connectivity index (χ0) is 23.6. The molecule has 2 bridgehead atoms. The van der Waals surface area contributed by atoms with E-state index in [1.165, 1.54) is 0 Å². The fourth-order valence-corrected chi connectivity index (χ4v) is 4.55. The Morgan fingerprint density at radius 2 is 1.94 bits per heavy atom. The molecule has 1 aliphatic carbocycles. The van der Waals surface area contributed by atoms with Crippen LogP contribution >= 0.6 is 0 Å². The van der Waals surface area contributed by atoms with Crippen LogP contribution in [0, 0.1) is 11.8 Å². The van der Waals surface area contributed by atoms with E-state index in [4.69, 9.17) is 9.47 Å². The molecule has 5 unspecified atom stereocenters. The summed E-state index contributed by atoms with van der Waals surface area (Å²) in [5, 5.41) is 5.73. The Morgan fingerprint density at radius 3 is 2.48 bits per heavy atom. The maximum absolute atomic E-state index is 13.3. The topological polar surface area (TPSA) is 139 Å². The van der Waals surface area contributed by atoms with Crippen LogP contribution in [-0.4, -0.2) is 72.5 Å². The highest BCUT2D eigenvalue weighted by Gasteiger charge is 2.55. The van der Waals surface area contributed by atoms with Crippen molar-refractivity contribution >= 4 is 22.1 Å². The van der Waals surface area contributed by atoms with Crippen LogP contribution < -0.4 is 0 Å². The van der Waals surface area contributed by atoms with Gasteiger partial charge in [0.15, 0.2) is 16.3 Å². The van der Waals surface area contributed by atoms with Gasteiger partial charge in [0.25, 0.3) is 0 Å². The molecule has 31 heavy (non-hydrogen) atoms. The first-order chi connectivity index (χ1) is 14.3. The molecule has 2 fully saturated rings. The monoisotopic (exact) mass is 475 g/mol. The molecular weight excluding hydrogens is 449 g/mol. The molecule has 0 aromatic rings. The van der Waals surface area contributed by atoms with Crippen molar-refractivity contribution < 1.29 is 55.0 Å². The summed E-state index contributed by atoms with van der Waals surface area (Å²) in [6, 6.07) is 0. The number of rotatable bonds is 11. The van der Waals surface area contributed by atoms with Gasteiger partial charge in [-0.1, -0.05) is 13.8 Å². The minimum absolute atomic E-state index is 0.257. The Morgan fingerprint density at radius 1 is 1.32 bits per heavy atom. The molecule has 1 N–H and O–H groups in total. The largest absolute Gasteiger partial charge is 0.743 e. The Kier molecular flexibility index (Phi) is 7.99. The number of alkyl halides is 3. The SMILES string of the molecule is CCC(O)(CC)C1CC(OCC(=O)OCCC(F)C(F)(F)S(=O)(=O)[O-])C2CC1C(=O)O2. The molecule has 1 saturated heterocycles. The molecule has 0 aromatic heterocycles. The number of hydrogen-bond donors (Lipinski definition) is 1. The third-order valence-corrected chi connectivity index (χ3v) is 7.03. The van der Waals surface area contributed by atoms with Crippen LogP contribution in [-0.2, 0) is 33.9 Å². The maximum atomic E-state index is 13.3. The molecule has 0 radical (unpaired) electrons. The number of hydrogen-bond acceptors (Lipinski definition) is 9. The summed E-state index contributed by atoms with van der Waals surface area (Å²) >= 11 is 0. The van der Waals surface area contributed by atoms with Gasteiger partial charge in [-0.25, -0.2) is 17.6 Å². The van der Waals surface area contributed by atoms with E-state index in [1.54, 1.807) is 13.8 Å². The van der Waals surface area contributed by atoms with Gasteiger partial charge in [0.2, 0.25) is 0 Å². The van der Waals surface area contributed by atoms with E-state index >= 15 is 0 Å². The summed E-state index contributed by atoms with van der Waals surface area (Å²) in [6.07, 6.45) is -4.44. The zero-order valence-electron chi connectivity index (χ0n) is 17.1. The number of carbonyl (C=O) groups excluding carboxylic acids is 2. The van der Waals surface area contributed by atoms with Crippen molar-refractivity contribution in [2.24, 2.45) is 11.8 Å². The molecule has 2 rings (SSSR count). The predicted octanol–water partition coefficient (Wildman–Crippen LogP) is 1.28. The number of carbonyl (C=O) groups is 2. The van der Waals surface area contributed by atoms with Gasteiger partial charge in [-0.05, 0) is 19.3 Å². The lowest BCUT2D eigenvalue weighted by molar-refractivity contribution is -0.158. The summed E-state index contributed by atoms with van der Waals surface area (Å²) in [4.78, 5) is 23.9. The van der Waals surface area contributed by atoms with Crippen molar-refractivity contribution in [1.82, 2.24) is 0 Å². The molecule has 0 spiro atoms. The summed E-state index contributed by atoms with van der Waals surface area (Å²) in [5.41, 5.74) is -1.11. The minimum Gasteiger partial charge on any atom is -0.743 e. The molecule has 1 aliphatic heterocycles. The second kappa shape index (κ2) is 9.59. The number of aliphatic hydroxyl groups is 1. The van der Waals surface area contributed by atoms with Crippen LogP contribution in [0.1, 0.15) is 46.0 Å². The van der Waals surface area contributed by atoms with Crippen LogP contribution in [0.4, 0.5) is 13.2 Å². The molecule has 5 atom stereocenters. The second-order valence-corrected chi connectivity index (χ2v) is 9.27. The number of ether oxygens (including phenoxy) is 3. The molecule has 0 aromatic carbocycles. The number of fused-ring (bicyclic) bond motifs is 2. The van der Waals surface area contributed by atoms with Crippen LogP contribution in [0.2, 0.25) is 0 Å². The molecular formula is C18H26F3O9S-. The Hall–Kier alpha value is -1.44. The third-order valence-electron chi connectivity index (χ3n) is 6.11.